The fourth-order valence-corrected chi connectivity index (χ4v) is 1.87. The van der Waals surface area contributed by atoms with Gasteiger partial charge in [-0.2, -0.15) is 0 Å². The summed E-state index contributed by atoms with van der Waals surface area (Å²) >= 11 is 0. The molecule has 3 amide bonds. The number of aliphatic carboxylic acids is 1. The predicted molar refractivity (Wildman–Crippen MR) is 50.6 cm³/mol. The number of urea groups is 1. The van der Waals surface area contributed by atoms with Crippen molar-refractivity contribution in [2.45, 2.75) is 25.0 Å². The van der Waals surface area contributed by atoms with Crippen LogP contribution in [0.15, 0.2) is 0 Å². The van der Waals surface area contributed by atoms with Gasteiger partial charge in [0.05, 0.1) is 19.2 Å². The van der Waals surface area contributed by atoms with E-state index in [2.05, 4.69) is 5.32 Å². The highest BCUT2D eigenvalue weighted by atomic mass is 16.5. The van der Waals surface area contributed by atoms with E-state index in [1.165, 1.54) is 0 Å². The minimum absolute atomic E-state index is 0.00785. The van der Waals surface area contributed by atoms with Crippen LogP contribution in [0.2, 0.25) is 0 Å². The molecule has 7 heteroatoms. The molecule has 2 aliphatic rings. The Morgan fingerprint density at radius 3 is 2.75 bits per heavy atom. The van der Waals surface area contributed by atoms with Crippen molar-refractivity contribution in [3.8, 4) is 0 Å². The summed E-state index contributed by atoms with van der Waals surface area (Å²) in [5, 5.41) is 11.1. The molecule has 0 saturated carbocycles. The summed E-state index contributed by atoms with van der Waals surface area (Å²) in [7, 11) is 0. The number of carbonyl (C=O) groups excluding carboxylic acids is 2. The lowest BCUT2D eigenvalue weighted by Crippen LogP contribution is -2.38. The van der Waals surface area contributed by atoms with E-state index in [-0.39, 0.29) is 25.1 Å². The number of nitrogens with zero attached hydrogens (tertiary/aromatic N) is 1. The molecule has 2 heterocycles. The summed E-state index contributed by atoms with van der Waals surface area (Å²) in [5.74, 6) is -1.30. The summed E-state index contributed by atoms with van der Waals surface area (Å²) in [5.41, 5.74) is 0. The van der Waals surface area contributed by atoms with Gasteiger partial charge < -0.3 is 15.2 Å². The SMILES string of the molecule is O=C(O)C1CCC(CN2C(=O)CNC2=O)O1. The van der Waals surface area contributed by atoms with E-state index in [0.29, 0.717) is 12.8 Å². The van der Waals surface area contributed by atoms with Gasteiger partial charge in [0, 0.05) is 0 Å². The third kappa shape index (κ3) is 1.99. The molecule has 2 saturated heterocycles. The van der Waals surface area contributed by atoms with E-state index in [0.717, 1.165) is 4.90 Å². The van der Waals surface area contributed by atoms with Crippen LogP contribution in [-0.4, -0.2) is 53.2 Å². The minimum atomic E-state index is -1.00. The van der Waals surface area contributed by atoms with Crippen molar-refractivity contribution in [1.29, 1.82) is 0 Å². The molecule has 7 nitrogen and oxygen atoms in total. The molecule has 0 aromatic heterocycles. The number of hydrogen-bond acceptors (Lipinski definition) is 4. The number of rotatable bonds is 3. The molecule has 0 aliphatic carbocycles. The molecule has 88 valence electrons. The number of ether oxygens (including phenoxy) is 1. The van der Waals surface area contributed by atoms with Crippen LogP contribution in [0.25, 0.3) is 0 Å². The summed E-state index contributed by atoms with van der Waals surface area (Å²) in [6, 6.07) is -0.438. The van der Waals surface area contributed by atoms with Crippen molar-refractivity contribution in [3.63, 3.8) is 0 Å². The van der Waals surface area contributed by atoms with Crippen molar-refractivity contribution in [1.82, 2.24) is 10.2 Å². The van der Waals surface area contributed by atoms with Crippen LogP contribution >= 0.6 is 0 Å². The van der Waals surface area contributed by atoms with E-state index in [9.17, 15) is 14.4 Å². The molecule has 2 fully saturated rings. The van der Waals surface area contributed by atoms with Gasteiger partial charge in [0.15, 0.2) is 6.10 Å². The first-order chi connectivity index (χ1) is 7.58. The molecule has 2 aliphatic heterocycles. The zero-order valence-electron chi connectivity index (χ0n) is 8.51. The van der Waals surface area contributed by atoms with Crippen molar-refractivity contribution in [2.24, 2.45) is 0 Å². The van der Waals surface area contributed by atoms with Crippen LogP contribution in [-0.2, 0) is 14.3 Å². The van der Waals surface area contributed by atoms with Gasteiger partial charge >= 0.3 is 12.0 Å². The molecule has 2 rings (SSSR count). The third-order valence-corrected chi connectivity index (χ3v) is 2.71. The van der Waals surface area contributed by atoms with Gasteiger partial charge in [0.25, 0.3) is 0 Å². The van der Waals surface area contributed by atoms with Gasteiger partial charge in [-0.25, -0.2) is 9.59 Å². The third-order valence-electron chi connectivity index (χ3n) is 2.71. The Kier molecular flexibility index (Phi) is 2.78. The fraction of sp³-hybridized carbons (Fsp3) is 0.667. The monoisotopic (exact) mass is 228 g/mol. The second-order valence-electron chi connectivity index (χ2n) is 3.83. The summed E-state index contributed by atoms with van der Waals surface area (Å²) in [6.07, 6.45) is -0.211. The van der Waals surface area contributed by atoms with E-state index < -0.39 is 18.1 Å². The number of carboxylic acids is 1. The lowest BCUT2D eigenvalue weighted by molar-refractivity contribution is -0.149. The molecule has 0 aromatic rings. The van der Waals surface area contributed by atoms with E-state index >= 15 is 0 Å². The Morgan fingerprint density at radius 1 is 1.50 bits per heavy atom. The molecule has 2 unspecified atom stereocenters. The van der Waals surface area contributed by atoms with Crippen LogP contribution in [0.5, 0.6) is 0 Å². The van der Waals surface area contributed by atoms with E-state index in [4.69, 9.17) is 9.84 Å². The summed E-state index contributed by atoms with van der Waals surface area (Å²) in [4.78, 5) is 34.2. The van der Waals surface area contributed by atoms with Crippen LogP contribution in [0.4, 0.5) is 4.79 Å². The standard InChI is InChI=1S/C9H12N2O5/c12-7-3-10-9(15)11(7)4-5-1-2-6(16-5)8(13)14/h5-6H,1-4H2,(H,10,15)(H,13,14). The number of imide groups is 1. The average molecular weight is 228 g/mol. The Balaban J connectivity index is 1.89. The Morgan fingerprint density at radius 2 is 2.25 bits per heavy atom. The molecule has 0 spiro atoms. The smallest absolute Gasteiger partial charge is 0.332 e. The zero-order chi connectivity index (χ0) is 11.7. The fourth-order valence-electron chi connectivity index (χ4n) is 1.87. The minimum Gasteiger partial charge on any atom is -0.479 e. The second kappa shape index (κ2) is 4.09. The number of amides is 3. The highest BCUT2D eigenvalue weighted by molar-refractivity contribution is 6.01. The van der Waals surface area contributed by atoms with Gasteiger partial charge in [-0.1, -0.05) is 0 Å². The van der Waals surface area contributed by atoms with E-state index in [1.807, 2.05) is 0 Å². The van der Waals surface area contributed by atoms with Crippen molar-refractivity contribution in [2.75, 3.05) is 13.1 Å². The quantitative estimate of drug-likeness (QED) is 0.615. The maximum Gasteiger partial charge on any atom is 0.332 e. The average Bonchev–Trinajstić information content (AvgIpc) is 2.80. The molecular weight excluding hydrogens is 216 g/mol. The highest BCUT2D eigenvalue weighted by Gasteiger charge is 2.36. The van der Waals surface area contributed by atoms with Crippen LogP contribution in [0.3, 0.4) is 0 Å². The summed E-state index contributed by atoms with van der Waals surface area (Å²) in [6.45, 7) is 0.141. The zero-order valence-corrected chi connectivity index (χ0v) is 8.51. The maximum atomic E-state index is 11.3. The largest absolute Gasteiger partial charge is 0.479 e. The molecule has 2 atom stereocenters. The highest BCUT2D eigenvalue weighted by Crippen LogP contribution is 2.21. The van der Waals surface area contributed by atoms with Gasteiger partial charge in [-0.15, -0.1) is 0 Å². The molecule has 0 bridgehead atoms. The topological polar surface area (TPSA) is 95.9 Å². The number of carbonyl (C=O) groups is 3. The first-order valence-electron chi connectivity index (χ1n) is 5.04. The van der Waals surface area contributed by atoms with Gasteiger partial charge in [0.1, 0.15) is 0 Å². The summed E-state index contributed by atoms with van der Waals surface area (Å²) < 4.78 is 5.21. The maximum absolute atomic E-state index is 11.3. The van der Waals surface area contributed by atoms with Crippen molar-refractivity contribution in [3.05, 3.63) is 0 Å². The Bertz CT molecular complexity index is 327. The van der Waals surface area contributed by atoms with Crippen LogP contribution in [0, 0.1) is 0 Å². The molecular formula is C9H12N2O5. The molecule has 16 heavy (non-hydrogen) atoms. The lowest BCUT2D eigenvalue weighted by atomic mass is 10.2. The van der Waals surface area contributed by atoms with Crippen LogP contribution < -0.4 is 5.32 Å². The van der Waals surface area contributed by atoms with Gasteiger partial charge in [0.2, 0.25) is 5.91 Å². The Labute approximate surface area is 91.3 Å². The first-order valence-corrected chi connectivity index (χ1v) is 5.04. The second-order valence-corrected chi connectivity index (χ2v) is 3.83. The van der Waals surface area contributed by atoms with Crippen molar-refractivity contribution >= 4 is 17.9 Å². The molecule has 2 N–H and O–H groups in total. The molecule has 0 radical (unpaired) electrons. The number of nitrogens with one attached hydrogen (secondary N) is 1. The number of hydrogen-bond donors (Lipinski definition) is 2. The Hall–Kier alpha value is -1.63. The van der Waals surface area contributed by atoms with E-state index in [1.54, 1.807) is 0 Å². The van der Waals surface area contributed by atoms with Gasteiger partial charge in [-0.3, -0.25) is 9.69 Å². The normalized spacial score (nSPS) is 29.6. The van der Waals surface area contributed by atoms with Crippen LogP contribution in [0.1, 0.15) is 12.8 Å². The molecule has 0 aromatic carbocycles. The number of carboxylic acid groups (broad SMARTS) is 1. The lowest BCUT2D eigenvalue weighted by Gasteiger charge is -2.17. The predicted octanol–water partition coefficient (Wildman–Crippen LogP) is -0.830. The van der Waals surface area contributed by atoms with Gasteiger partial charge in [-0.05, 0) is 12.8 Å². The first kappa shape index (κ1) is 10.9. The van der Waals surface area contributed by atoms with Crippen molar-refractivity contribution < 1.29 is 24.2 Å².